The summed E-state index contributed by atoms with van der Waals surface area (Å²) in [6.07, 6.45) is 0. The van der Waals surface area contributed by atoms with Gasteiger partial charge < -0.3 is 14.9 Å². The fraction of sp³-hybridized carbons (Fsp3) is 0.250. The molecule has 7 heteroatoms. The first kappa shape index (κ1) is 13.4. The zero-order chi connectivity index (χ0) is 13.7. The highest BCUT2D eigenvalue weighted by molar-refractivity contribution is 7.99. The second kappa shape index (κ2) is 6.24. The molecule has 0 aliphatic rings. The molecule has 0 fully saturated rings. The summed E-state index contributed by atoms with van der Waals surface area (Å²) >= 11 is 1.27. The van der Waals surface area contributed by atoms with E-state index in [4.69, 9.17) is 9.94 Å². The molecule has 0 radical (unpaired) electrons. The van der Waals surface area contributed by atoms with Gasteiger partial charge in [0.1, 0.15) is 0 Å². The maximum absolute atomic E-state index is 11.4. The lowest BCUT2D eigenvalue weighted by Gasteiger charge is -2.02. The molecule has 0 saturated heterocycles. The molecule has 19 heavy (non-hydrogen) atoms. The zero-order valence-electron chi connectivity index (χ0n) is 10.3. The number of rotatable bonds is 5. The number of thioether (sulfide) groups is 1. The van der Waals surface area contributed by atoms with Gasteiger partial charge in [-0.2, -0.15) is 0 Å². The first-order chi connectivity index (χ1) is 9.24. The fourth-order valence-electron chi connectivity index (χ4n) is 1.48. The molecule has 0 atom stereocenters. The van der Waals surface area contributed by atoms with Crippen LogP contribution in [0.25, 0.3) is 11.0 Å². The fourth-order valence-corrected chi connectivity index (χ4v) is 2.27. The van der Waals surface area contributed by atoms with Gasteiger partial charge in [-0.15, -0.1) is 0 Å². The number of carbonyl (C=O) groups is 1. The Morgan fingerprint density at radius 2 is 2.32 bits per heavy atom. The summed E-state index contributed by atoms with van der Waals surface area (Å²) in [5, 5.41) is 12.4. The molecule has 0 unspecified atom stereocenters. The van der Waals surface area contributed by atoms with Crippen molar-refractivity contribution in [3.63, 3.8) is 0 Å². The Balaban J connectivity index is 2.03. The lowest BCUT2D eigenvalue weighted by atomic mass is 10.3. The van der Waals surface area contributed by atoms with Gasteiger partial charge in [-0.25, -0.2) is 9.78 Å². The van der Waals surface area contributed by atoms with E-state index in [-0.39, 0.29) is 18.1 Å². The minimum absolute atomic E-state index is 0.0349. The lowest BCUT2D eigenvalue weighted by molar-refractivity contribution is -0.135. The van der Waals surface area contributed by atoms with Crippen LogP contribution in [0.2, 0.25) is 0 Å². The van der Waals surface area contributed by atoms with E-state index in [1.165, 1.54) is 11.8 Å². The monoisotopic (exact) mass is 279 g/mol. The Labute approximate surface area is 113 Å². The van der Waals surface area contributed by atoms with Crippen LogP contribution in [0.15, 0.2) is 34.6 Å². The van der Waals surface area contributed by atoms with Crippen LogP contribution in [-0.4, -0.2) is 39.2 Å². The lowest BCUT2D eigenvalue weighted by Crippen LogP contribution is -2.19. The van der Waals surface area contributed by atoms with Crippen molar-refractivity contribution in [2.24, 2.45) is 5.16 Å². The number of esters is 1. The highest BCUT2D eigenvalue weighted by atomic mass is 32.2. The van der Waals surface area contributed by atoms with Crippen LogP contribution in [0.1, 0.15) is 6.92 Å². The normalized spacial score (nSPS) is 11.7. The first-order valence-corrected chi connectivity index (χ1v) is 6.68. The summed E-state index contributed by atoms with van der Waals surface area (Å²) in [6.45, 7) is 1.94. The van der Waals surface area contributed by atoms with Crippen molar-refractivity contribution in [3.05, 3.63) is 24.3 Å². The van der Waals surface area contributed by atoms with Crippen molar-refractivity contribution in [3.8, 4) is 0 Å². The van der Waals surface area contributed by atoms with Gasteiger partial charge in [-0.05, 0) is 19.1 Å². The van der Waals surface area contributed by atoms with Gasteiger partial charge in [-0.1, -0.05) is 29.1 Å². The van der Waals surface area contributed by atoms with Gasteiger partial charge in [0.05, 0.1) is 23.4 Å². The Bertz CT molecular complexity index is 576. The molecule has 1 aromatic heterocycles. The Hall–Kier alpha value is -2.02. The topological polar surface area (TPSA) is 87.6 Å². The zero-order valence-corrected chi connectivity index (χ0v) is 11.1. The molecule has 0 spiro atoms. The molecule has 0 amide bonds. The van der Waals surface area contributed by atoms with Gasteiger partial charge >= 0.3 is 5.97 Å². The number of ether oxygens (including phenoxy) is 1. The van der Waals surface area contributed by atoms with Crippen molar-refractivity contribution in [1.29, 1.82) is 0 Å². The van der Waals surface area contributed by atoms with Gasteiger partial charge in [0.15, 0.2) is 10.9 Å². The summed E-state index contributed by atoms with van der Waals surface area (Å²) in [5.74, 6) is -0.427. The Morgan fingerprint density at radius 1 is 1.53 bits per heavy atom. The Kier molecular flexibility index (Phi) is 4.40. The number of para-hydroxylation sites is 2. The minimum atomic E-state index is -0.617. The third-order valence-corrected chi connectivity index (χ3v) is 3.23. The minimum Gasteiger partial charge on any atom is -0.461 e. The van der Waals surface area contributed by atoms with Gasteiger partial charge in [-0.3, -0.25) is 0 Å². The van der Waals surface area contributed by atoms with Crippen LogP contribution in [0.5, 0.6) is 0 Å². The number of H-pyrrole nitrogens is 1. The number of imidazole rings is 1. The molecule has 0 aliphatic heterocycles. The van der Waals surface area contributed by atoms with E-state index < -0.39 is 5.97 Å². The highest BCUT2D eigenvalue weighted by Gasteiger charge is 2.15. The number of benzene rings is 1. The number of carbonyl (C=O) groups excluding carboxylic acids is 1. The molecular formula is C12H13N3O3S. The van der Waals surface area contributed by atoms with Gasteiger partial charge in [0.2, 0.25) is 0 Å². The van der Waals surface area contributed by atoms with Crippen molar-refractivity contribution in [1.82, 2.24) is 9.97 Å². The number of oxime groups is 1. The van der Waals surface area contributed by atoms with Crippen molar-refractivity contribution in [2.75, 3.05) is 12.4 Å². The van der Waals surface area contributed by atoms with Gasteiger partial charge in [0.25, 0.3) is 0 Å². The average molecular weight is 279 g/mol. The molecule has 2 aromatic rings. The van der Waals surface area contributed by atoms with E-state index in [1.807, 2.05) is 24.3 Å². The number of aromatic nitrogens is 2. The SMILES string of the molecule is CCOC(=O)C(CSc1nc2ccccc2[nH]1)=NO. The van der Waals surface area contributed by atoms with Crippen LogP contribution in [-0.2, 0) is 9.53 Å². The van der Waals surface area contributed by atoms with E-state index >= 15 is 0 Å². The summed E-state index contributed by atoms with van der Waals surface area (Å²) < 4.78 is 4.77. The van der Waals surface area contributed by atoms with Crippen LogP contribution >= 0.6 is 11.8 Å². The van der Waals surface area contributed by atoms with E-state index in [1.54, 1.807) is 6.92 Å². The molecule has 100 valence electrons. The van der Waals surface area contributed by atoms with E-state index in [0.29, 0.717) is 5.16 Å². The highest BCUT2D eigenvalue weighted by Crippen LogP contribution is 2.19. The van der Waals surface area contributed by atoms with Crippen molar-refractivity contribution < 1.29 is 14.7 Å². The number of nitrogens with one attached hydrogen (secondary N) is 1. The smallest absolute Gasteiger partial charge is 0.356 e. The largest absolute Gasteiger partial charge is 0.461 e. The van der Waals surface area contributed by atoms with Crippen molar-refractivity contribution >= 4 is 34.5 Å². The third-order valence-electron chi connectivity index (χ3n) is 2.35. The molecule has 1 aromatic carbocycles. The first-order valence-electron chi connectivity index (χ1n) is 5.70. The molecule has 0 saturated carbocycles. The van der Waals surface area contributed by atoms with E-state index in [2.05, 4.69) is 15.1 Å². The molecule has 0 bridgehead atoms. The van der Waals surface area contributed by atoms with Crippen LogP contribution in [0, 0.1) is 0 Å². The predicted molar refractivity (Wildman–Crippen MR) is 72.7 cm³/mol. The molecule has 2 N–H and O–H groups in total. The number of hydrogen-bond acceptors (Lipinski definition) is 6. The number of aromatic amines is 1. The maximum Gasteiger partial charge on any atom is 0.356 e. The molecular weight excluding hydrogens is 266 g/mol. The second-order valence-corrected chi connectivity index (χ2v) is 4.58. The molecule has 0 aliphatic carbocycles. The maximum atomic E-state index is 11.4. The summed E-state index contributed by atoms with van der Waals surface area (Å²) in [6, 6.07) is 7.62. The Morgan fingerprint density at radius 3 is 3.00 bits per heavy atom. The number of hydrogen-bond donors (Lipinski definition) is 2. The van der Waals surface area contributed by atoms with Crippen LogP contribution in [0.4, 0.5) is 0 Å². The van der Waals surface area contributed by atoms with E-state index in [0.717, 1.165) is 11.0 Å². The van der Waals surface area contributed by atoms with Crippen LogP contribution in [0.3, 0.4) is 0 Å². The predicted octanol–water partition coefficient (Wildman–Crippen LogP) is 2.05. The quantitative estimate of drug-likeness (QED) is 0.287. The number of fused-ring (bicyclic) bond motifs is 1. The summed E-state index contributed by atoms with van der Waals surface area (Å²) in [5.41, 5.74) is 1.74. The standard InChI is InChI=1S/C12H13N3O3S/c1-2-18-11(16)10(15-17)7-19-12-13-8-5-3-4-6-9(8)14-12/h3-6,17H,2,7H2,1H3,(H,13,14). The summed E-state index contributed by atoms with van der Waals surface area (Å²) in [4.78, 5) is 18.9. The summed E-state index contributed by atoms with van der Waals surface area (Å²) in [7, 11) is 0. The third kappa shape index (κ3) is 3.25. The van der Waals surface area contributed by atoms with Gasteiger partial charge in [0, 0.05) is 0 Å². The molecule has 2 rings (SSSR count). The average Bonchev–Trinajstić information content (AvgIpc) is 2.82. The van der Waals surface area contributed by atoms with E-state index in [9.17, 15) is 4.79 Å². The molecule has 6 nitrogen and oxygen atoms in total. The van der Waals surface area contributed by atoms with Crippen molar-refractivity contribution in [2.45, 2.75) is 12.1 Å². The second-order valence-electron chi connectivity index (χ2n) is 3.61. The molecule has 1 heterocycles. The van der Waals surface area contributed by atoms with Crippen LogP contribution < -0.4 is 0 Å². The number of nitrogens with zero attached hydrogens (tertiary/aromatic N) is 2.